The Balaban J connectivity index is 1.74. The van der Waals surface area contributed by atoms with E-state index in [-0.39, 0.29) is 5.78 Å². The Morgan fingerprint density at radius 3 is 2.74 bits per heavy atom. The van der Waals surface area contributed by atoms with Crippen molar-refractivity contribution in [1.82, 2.24) is 0 Å². The molecule has 0 unspecified atom stereocenters. The van der Waals surface area contributed by atoms with Gasteiger partial charge in [0.2, 0.25) is 5.78 Å². The van der Waals surface area contributed by atoms with Crippen molar-refractivity contribution in [3.8, 4) is 0 Å². The van der Waals surface area contributed by atoms with E-state index in [9.17, 15) is 9.59 Å². The van der Waals surface area contributed by atoms with E-state index in [1.807, 2.05) is 24.3 Å². The monoisotopic (exact) mass is 272 g/mol. The Kier molecular flexibility index (Phi) is 2.01. The summed E-state index contributed by atoms with van der Waals surface area (Å²) >= 11 is 1.56. The smallest absolute Gasteiger partial charge is 0.379 e. The Bertz CT molecular complexity index is 678. The molecule has 0 amide bonds. The SMILES string of the molecule is O=C1OC2(C=CC3=C(Cc4ccccc4S3)C2=O)O1. The highest BCUT2D eigenvalue weighted by Gasteiger charge is 2.56. The number of carbonyl (C=O) groups excluding carboxylic acids is 2. The van der Waals surface area contributed by atoms with Crippen LogP contribution in [-0.4, -0.2) is 17.7 Å². The third kappa shape index (κ3) is 1.42. The number of thioether (sulfide) groups is 1. The molecule has 1 aliphatic carbocycles. The number of hydrogen-bond donors (Lipinski definition) is 0. The fourth-order valence-electron chi connectivity index (χ4n) is 2.42. The van der Waals surface area contributed by atoms with Crippen molar-refractivity contribution < 1.29 is 19.1 Å². The number of hydrogen-bond acceptors (Lipinski definition) is 5. The molecule has 0 radical (unpaired) electrons. The molecule has 2 heterocycles. The van der Waals surface area contributed by atoms with E-state index in [0.717, 1.165) is 15.4 Å². The lowest BCUT2D eigenvalue weighted by molar-refractivity contribution is -0.229. The molecule has 0 bridgehead atoms. The number of ketones is 1. The molecule has 1 aromatic carbocycles. The first-order valence-corrected chi connectivity index (χ1v) is 6.64. The summed E-state index contributed by atoms with van der Waals surface area (Å²) in [7, 11) is 0. The highest BCUT2D eigenvalue weighted by Crippen LogP contribution is 2.45. The van der Waals surface area contributed by atoms with E-state index >= 15 is 0 Å². The van der Waals surface area contributed by atoms with Crippen LogP contribution in [0.15, 0.2) is 51.8 Å². The van der Waals surface area contributed by atoms with Gasteiger partial charge in [0, 0.05) is 27.9 Å². The predicted octanol–water partition coefficient (Wildman–Crippen LogP) is 2.59. The first-order valence-electron chi connectivity index (χ1n) is 5.83. The minimum Gasteiger partial charge on any atom is -0.379 e. The standard InChI is InChI=1S/C14H8O4S/c15-12-9-7-8-3-1-2-4-10(8)19-11(9)5-6-14(12)17-13(16)18-14/h1-6H,7H2. The topological polar surface area (TPSA) is 52.6 Å². The zero-order chi connectivity index (χ0) is 13.0. The summed E-state index contributed by atoms with van der Waals surface area (Å²) in [5.74, 6) is -1.77. The van der Waals surface area contributed by atoms with Gasteiger partial charge < -0.3 is 9.47 Å². The van der Waals surface area contributed by atoms with Gasteiger partial charge in [-0.15, -0.1) is 0 Å². The molecule has 0 atom stereocenters. The molecule has 0 saturated carbocycles. The van der Waals surface area contributed by atoms with Gasteiger partial charge in [-0.05, 0) is 17.7 Å². The Labute approximate surface area is 113 Å². The van der Waals surface area contributed by atoms with Crippen molar-refractivity contribution >= 4 is 23.7 Å². The van der Waals surface area contributed by atoms with Crippen LogP contribution < -0.4 is 0 Å². The van der Waals surface area contributed by atoms with Gasteiger partial charge in [0.15, 0.2) is 0 Å². The van der Waals surface area contributed by atoms with E-state index in [2.05, 4.69) is 0 Å². The van der Waals surface area contributed by atoms with Gasteiger partial charge in [0.25, 0.3) is 0 Å². The molecule has 3 aliphatic rings. The Hall–Kier alpha value is -2.01. The molecule has 4 nitrogen and oxygen atoms in total. The molecule has 0 aromatic heterocycles. The van der Waals surface area contributed by atoms with E-state index in [4.69, 9.17) is 9.47 Å². The maximum atomic E-state index is 12.4. The number of allylic oxidation sites excluding steroid dienone is 1. The maximum absolute atomic E-state index is 12.4. The van der Waals surface area contributed by atoms with E-state index in [0.29, 0.717) is 12.0 Å². The number of carbonyl (C=O) groups is 2. The highest BCUT2D eigenvalue weighted by molar-refractivity contribution is 8.03. The van der Waals surface area contributed by atoms with Crippen molar-refractivity contribution in [1.29, 1.82) is 0 Å². The van der Waals surface area contributed by atoms with Crippen LogP contribution >= 0.6 is 11.8 Å². The molecule has 2 aliphatic heterocycles. The zero-order valence-corrected chi connectivity index (χ0v) is 10.5. The second kappa shape index (κ2) is 3.51. The normalized spacial score (nSPS) is 22.3. The van der Waals surface area contributed by atoms with Crippen LogP contribution in [0, 0.1) is 0 Å². The molecule has 1 spiro atoms. The van der Waals surface area contributed by atoms with E-state index in [1.54, 1.807) is 17.8 Å². The first-order chi connectivity index (χ1) is 9.18. The van der Waals surface area contributed by atoms with Gasteiger partial charge >= 0.3 is 11.9 Å². The lowest BCUT2D eigenvalue weighted by atomic mass is 9.91. The molecular formula is C14H8O4S. The molecule has 1 fully saturated rings. The van der Waals surface area contributed by atoms with Gasteiger partial charge in [-0.3, -0.25) is 4.79 Å². The average molecular weight is 272 g/mol. The molecular weight excluding hydrogens is 264 g/mol. The lowest BCUT2D eigenvalue weighted by Crippen LogP contribution is -2.56. The summed E-state index contributed by atoms with van der Waals surface area (Å²) in [6, 6.07) is 7.96. The predicted molar refractivity (Wildman–Crippen MR) is 67.5 cm³/mol. The van der Waals surface area contributed by atoms with E-state index in [1.165, 1.54) is 6.08 Å². The quantitative estimate of drug-likeness (QED) is 0.679. The molecule has 19 heavy (non-hydrogen) atoms. The minimum atomic E-state index is -1.50. The van der Waals surface area contributed by atoms with Crippen LogP contribution in [0.25, 0.3) is 0 Å². The second-order valence-electron chi connectivity index (χ2n) is 4.51. The Morgan fingerprint density at radius 1 is 1.16 bits per heavy atom. The maximum Gasteiger partial charge on any atom is 0.516 e. The molecule has 1 aromatic rings. The third-order valence-corrected chi connectivity index (χ3v) is 4.59. The largest absolute Gasteiger partial charge is 0.516 e. The number of fused-ring (bicyclic) bond motifs is 1. The van der Waals surface area contributed by atoms with Crippen molar-refractivity contribution in [2.24, 2.45) is 0 Å². The molecule has 0 N–H and O–H groups in total. The van der Waals surface area contributed by atoms with Crippen molar-refractivity contribution in [3.63, 3.8) is 0 Å². The lowest BCUT2D eigenvalue weighted by Gasteiger charge is -2.39. The van der Waals surface area contributed by atoms with Gasteiger partial charge in [0.05, 0.1) is 0 Å². The van der Waals surface area contributed by atoms with Crippen LogP contribution in [-0.2, 0) is 20.7 Å². The van der Waals surface area contributed by atoms with Crippen molar-refractivity contribution in [2.45, 2.75) is 17.1 Å². The number of rotatable bonds is 0. The zero-order valence-electron chi connectivity index (χ0n) is 9.71. The van der Waals surface area contributed by atoms with Crippen LogP contribution in [0.3, 0.4) is 0 Å². The van der Waals surface area contributed by atoms with Gasteiger partial charge in [-0.25, -0.2) is 4.79 Å². The second-order valence-corrected chi connectivity index (χ2v) is 5.60. The number of ether oxygens (including phenoxy) is 2. The minimum absolute atomic E-state index is 0.272. The fraction of sp³-hybridized carbons (Fsp3) is 0.143. The summed E-state index contributed by atoms with van der Waals surface area (Å²) in [4.78, 5) is 25.3. The Morgan fingerprint density at radius 2 is 1.95 bits per heavy atom. The van der Waals surface area contributed by atoms with Crippen molar-refractivity contribution in [3.05, 3.63) is 52.5 Å². The molecule has 94 valence electrons. The van der Waals surface area contributed by atoms with Gasteiger partial charge in [0.1, 0.15) is 0 Å². The van der Waals surface area contributed by atoms with Crippen LogP contribution in [0.4, 0.5) is 4.79 Å². The summed E-state index contributed by atoms with van der Waals surface area (Å²) in [5.41, 5.74) is 1.76. The number of benzene rings is 1. The summed E-state index contributed by atoms with van der Waals surface area (Å²) < 4.78 is 9.75. The van der Waals surface area contributed by atoms with Crippen LogP contribution in [0.1, 0.15) is 5.56 Å². The molecule has 5 heteroatoms. The van der Waals surface area contributed by atoms with Crippen LogP contribution in [0.2, 0.25) is 0 Å². The molecule has 4 rings (SSSR count). The van der Waals surface area contributed by atoms with E-state index < -0.39 is 11.9 Å². The van der Waals surface area contributed by atoms with Gasteiger partial charge in [-0.1, -0.05) is 30.0 Å². The van der Waals surface area contributed by atoms with Crippen molar-refractivity contribution in [2.75, 3.05) is 0 Å². The van der Waals surface area contributed by atoms with Crippen LogP contribution in [0.5, 0.6) is 0 Å². The molecule has 1 saturated heterocycles. The first kappa shape index (κ1) is 10.9. The van der Waals surface area contributed by atoms with Gasteiger partial charge in [-0.2, -0.15) is 0 Å². The average Bonchev–Trinajstić information content (AvgIpc) is 2.39. The summed E-state index contributed by atoms with van der Waals surface area (Å²) in [6.45, 7) is 0. The summed E-state index contributed by atoms with van der Waals surface area (Å²) in [5, 5.41) is 0. The fourth-order valence-corrected chi connectivity index (χ4v) is 3.50. The number of Topliss-reactive ketones (excluding diaryl/α,β-unsaturated/α-hetero) is 1. The highest BCUT2D eigenvalue weighted by atomic mass is 32.2. The summed E-state index contributed by atoms with van der Waals surface area (Å²) in [6.07, 6.45) is 3.05. The third-order valence-electron chi connectivity index (χ3n) is 3.37.